The van der Waals surface area contributed by atoms with Gasteiger partial charge >= 0.3 is 0 Å². The molecule has 0 aromatic rings. The summed E-state index contributed by atoms with van der Waals surface area (Å²) in [5.41, 5.74) is 0. The number of carbonyl (C=O) groups is 1. The number of hydrogen-bond acceptors (Lipinski definition) is 3. The smallest absolute Gasteiger partial charge is 0.219 e. The minimum absolute atomic E-state index is 0.138. The molecule has 2 N–H and O–H groups in total. The Bertz CT molecular complexity index is 207. The van der Waals surface area contributed by atoms with E-state index in [9.17, 15) is 9.90 Å². The highest BCUT2D eigenvalue weighted by atomic mass is 16.5. The zero-order chi connectivity index (χ0) is 13.8. The first-order valence-electron chi connectivity index (χ1n) is 7.09. The number of unbranched alkanes of at least 4 members (excludes halogenated alkanes) is 1. The van der Waals surface area contributed by atoms with Crippen molar-refractivity contribution in [2.45, 2.75) is 59.0 Å². The zero-order valence-corrected chi connectivity index (χ0v) is 12.1. The Kier molecular flexibility index (Phi) is 11.1. The fourth-order valence-corrected chi connectivity index (χ4v) is 1.66. The SMILES string of the molecule is CCCC(=O)NCCCCC(CO)COC(C)C. The zero-order valence-electron chi connectivity index (χ0n) is 12.1. The lowest BCUT2D eigenvalue weighted by Gasteiger charge is -2.16. The summed E-state index contributed by atoms with van der Waals surface area (Å²) >= 11 is 0. The van der Waals surface area contributed by atoms with Gasteiger partial charge in [0.1, 0.15) is 0 Å². The molecule has 0 aromatic heterocycles. The van der Waals surface area contributed by atoms with Crippen molar-refractivity contribution in [1.29, 1.82) is 0 Å². The van der Waals surface area contributed by atoms with Crippen molar-refractivity contribution >= 4 is 5.91 Å². The predicted octanol–water partition coefficient (Wildman–Crippen LogP) is 2.11. The molecule has 1 atom stereocenters. The predicted molar refractivity (Wildman–Crippen MR) is 73.4 cm³/mol. The van der Waals surface area contributed by atoms with E-state index in [1.807, 2.05) is 20.8 Å². The molecule has 0 saturated carbocycles. The van der Waals surface area contributed by atoms with Crippen LogP contribution in [-0.4, -0.2) is 36.9 Å². The van der Waals surface area contributed by atoms with E-state index in [2.05, 4.69) is 5.32 Å². The van der Waals surface area contributed by atoms with Gasteiger partial charge in [0.15, 0.2) is 0 Å². The lowest BCUT2D eigenvalue weighted by atomic mass is 10.0. The van der Waals surface area contributed by atoms with Crippen molar-refractivity contribution in [2.75, 3.05) is 19.8 Å². The average Bonchev–Trinajstić information content (AvgIpc) is 2.32. The molecular formula is C14H29NO3. The van der Waals surface area contributed by atoms with E-state index >= 15 is 0 Å². The molecule has 18 heavy (non-hydrogen) atoms. The second kappa shape index (κ2) is 11.5. The molecule has 0 rings (SSSR count). The Morgan fingerprint density at radius 3 is 2.61 bits per heavy atom. The van der Waals surface area contributed by atoms with Crippen LogP contribution in [0.4, 0.5) is 0 Å². The Morgan fingerprint density at radius 1 is 1.33 bits per heavy atom. The molecule has 0 aromatic carbocycles. The van der Waals surface area contributed by atoms with E-state index in [-0.39, 0.29) is 24.5 Å². The summed E-state index contributed by atoms with van der Waals surface area (Å²) in [4.78, 5) is 11.2. The second-order valence-electron chi connectivity index (χ2n) is 5.03. The minimum Gasteiger partial charge on any atom is -0.396 e. The molecule has 0 aliphatic heterocycles. The highest BCUT2D eigenvalue weighted by molar-refractivity contribution is 5.75. The van der Waals surface area contributed by atoms with Gasteiger partial charge in [0, 0.05) is 25.5 Å². The molecule has 1 unspecified atom stereocenters. The summed E-state index contributed by atoms with van der Waals surface area (Å²) in [6.45, 7) is 7.53. The third-order valence-electron chi connectivity index (χ3n) is 2.76. The Morgan fingerprint density at radius 2 is 2.06 bits per heavy atom. The molecule has 0 spiro atoms. The monoisotopic (exact) mass is 259 g/mol. The Balaban J connectivity index is 3.47. The number of amides is 1. The van der Waals surface area contributed by atoms with Crippen LogP contribution in [0.15, 0.2) is 0 Å². The molecule has 0 saturated heterocycles. The van der Waals surface area contributed by atoms with Crippen LogP contribution in [0.3, 0.4) is 0 Å². The van der Waals surface area contributed by atoms with Gasteiger partial charge in [-0.25, -0.2) is 0 Å². The molecule has 0 heterocycles. The average molecular weight is 259 g/mol. The van der Waals surface area contributed by atoms with Crippen molar-refractivity contribution in [3.05, 3.63) is 0 Å². The van der Waals surface area contributed by atoms with E-state index in [1.54, 1.807) is 0 Å². The van der Waals surface area contributed by atoms with Gasteiger partial charge in [-0.3, -0.25) is 4.79 Å². The molecule has 0 fully saturated rings. The van der Waals surface area contributed by atoms with Gasteiger partial charge in [-0.2, -0.15) is 0 Å². The number of rotatable bonds is 11. The maximum absolute atomic E-state index is 11.2. The van der Waals surface area contributed by atoms with Gasteiger partial charge in [0.2, 0.25) is 5.91 Å². The highest BCUT2D eigenvalue weighted by Crippen LogP contribution is 2.09. The van der Waals surface area contributed by atoms with Crippen LogP contribution in [0.1, 0.15) is 52.9 Å². The summed E-state index contributed by atoms with van der Waals surface area (Å²) in [6, 6.07) is 0. The minimum atomic E-state index is 0.138. The maximum atomic E-state index is 11.2. The van der Waals surface area contributed by atoms with E-state index in [0.717, 1.165) is 32.2 Å². The van der Waals surface area contributed by atoms with E-state index in [1.165, 1.54) is 0 Å². The topological polar surface area (TPSA) is 58.6 Å². The highest BCUT2D eigenvalue weighted by Gasteiger charge is 2.08. The molecule has 1 amide bonds. The number of nitrogens with one attached hydrogen (secondary N) is 1. The van der Waals surface area contributed by atoms with Crippen LogP contribution in [0, 0.1) is 5.92 Å². The molecule has 0 aliphatic carbocycles. The van der Waals surface area contributed by atoms with Crippen LogP contribution in [0.5, 0.6) is 0 Å². The summed E-state index contributed by atoms with van der Waals surface area (Å²) in [5.74, 6) is 0.359. The first-order valence-corrected chi connectivity index (χ1v) is 7.09. The quantitative estimate of drug-likeness (QED) is 0.559. The normalized spacial score (nSPS) is 12.7. The molecule has 0 aliphatic rings. The molecular weight excluding hydrogens is 230 g/mol. The van der Waals surface area contributed by atoms with Gasteiger partial charge in [-0.1, -0.05) is 13.3 Å². The van der Waals surface area contributed by atoms with Crippen molar-refractivity contribution in [2.24, 2.45) is 5.92 Å². The number of ether oxygens (including phenoxy) is 1. The third kappa shape index (κ3) is 10.5. The standard InChI is InChI=1S/C14H29NO3/c1-4-7-14(17)15-9-6-5-8-13(10-16)11-18-12(2)3/h12-13,16H,4-11H2,1-3H3,(H,15,17). The lowest BCUT2D eigenvalue weighted by Crippen LogP contribution is -2.24. The van der Waals surface area contributed by atoms with E-state index in [4.69, 9.17) is 4.74 Å². The van der Waals surface area contributed by atoms with Crippen molar-refractivity contribution in [1.82, 2.24) is 5.32 Å². The van der Waals surface area contributed by atoms with E-state index < -0.39 is 0 Å². The number of aliphatic hydroxyl groups is 1. The summed E-state index contributed by atoms with van der Waals surface area (Å²) in [6.07, 6.45) is 4.65. The Hall–Kier alpha value is -0.610. The van der Waals surface area contributed by atoms with Crippen molar-refractivity contribution in [3.8, 4) is 0 Å². The third-order valence-corrected chi connectivity index (χ3v) is 2.76. The van der Waals surface area contributed by atoms with Crippen molar-refractivity contribution < 1.29 is 14.6 Å². The second-order valence-corrected chi connectivity index (χ2v) is 5.03. The maximum Gasteiger partial charge on any atom is 0.219 e. The summed E-state index contributed by atoms with van der Waals surface area (Å²) in [7, 11) is 0. The van der Waals surface area contributed by atoms with E-state index in [0.29, 0.717) is 13.0 Å². The van der Waals surface area contributed by atoms with Crippen LogP contribution in [0.25, 0.3) is 0 Å². The molecule has 0 bridgehead atoms. The van der Waals surface area contributed by atoms with Gasteiger partial charge in [0.25, 0.3) is 0 Å². The summed E-state index contributed by atoms with van der Waals surface area (Å²) < 4.78 is 5.49. The number of carbonyl (C=O) groups excluding carboxylic acids is 1. The first kappa shape index (κ1) is 17.4. The van der Waals surface area contributed by atoms with Gasteiger partial charge in [0.05, 0.1) is 12.7 Å². The first-order chi connectivity index (χ1) is 8.60. The molecule has 4 heteroatoms. The Labute approximate surface area is 111 Å². The van der Waals surface area contributed by atoms with Crippen molar-refractivity contribution in [3.63, 3.8) is 0 Å². The fraction of sp³-hybridized carbons (Fsp3) is 0.929. The number of hydrogen-bond donors (Lipinski definition) is 2. The van der Waals surface area contributed by atoms with Gasteiger partial charge in [-0.15, -0.1) is 0 Å². The lowest BCUT2D eigenvalue weighted by molar-refractivity contribution is -0.121. The number of aliphatic hydroxyl groups excluding tert-OH is 1. The van der Waals surface area contributed by atoms with Crippen LogP contribution < -0.4 is 5.32 Å². The molecule has 0 radical (unpaired) electrons. The molecule has 108 valence electrons. The van der Waals surface area contributed by atoms with Crippen LogP contribution in [-0.2, 0) is 9.53 Å². The summed E-state index contributed by atoms with van der Waals surface area (Å²) in [5, 5.41) is 12.1. The largest absolute Gasteiger partial charge is 0.396 e. The van der Waals surface area contributed by atoms with Gasteiger partial charge in [-0.05, 0) is 33.1 Å². The fourth-order valence-electron chi connectivity index (χ4n) is 1.66. The van der Waals surface area contributed by atoms with Gasteiger partial charge < -0.3 is 15.2 Å². The molecule has 4 nitrogen and oxygen atoms in total. The van der Waals surface area contributed by atoms with Crippen LogP contribution >= 0.6 is 0 Å². The van der Waals surface area contributed by atoms with Crippen LogP contribution in [0.2, 0.25) is 0 Å².